The molecule has 1 aromatic heterocycles. The van der Waals surface area contributed by atoms with E-state index in [2.05, 4.69) is 53.6 Å². The van der Waals surface area contributed by atoms with Gasteiger partial charge in [-0.2, -0.15) is 5.10 Å². The Labute approximate surface area is 164 Å². The van der Waals surface area contributed by atoms with Crippen LogP contribution in [0.1, 0.15) is 46.6 Å². The van der Waals surface area contributed by atoms with Gasteiger partial charge in [-0.05, 0) is 34.5 Å². The van der Waals surface area contributed by atoms with Crippen LogP contribution < -0.4 is 5.30 Å². The Hall–Kier alpha value is -1.58. The molecule has 27 heavy (non-hydrogen) atoms. The van der Waals surface area contributed by atoms with E-state index in [9.17, 15) is 9.50 Å². The summed E-state index contributed by atoms with van der Waals surface area (Å²) in [6.07, 6.45) is 5.69. The molecule has 4 nitrogen and oxygen atoms in total. The van der Waals surface area contributed by atoms with Crippen LogP contribution in [0.4, 0.5) is 4.39 Å². The molecule has 1 aromatic carbocycles. The quantitative estimate of drug-likeness (QED) is 0.545. The molecule has 0 aliphatic heterocycles. The topological polar surface area (TPSA) is 50.9 Å². The summed E-state index contributed by atoms with van der Waals surface area (Å²) in [5.74, 6) is -0.686. The summed E-state index contributed by atoms with van der Waals surface area (Å²) in [6.45, 7) is 14.5. The predicted octanol–water partition coefficient (Wildman–Crippen LogP) is 4.07. The molecule has 0 amide bonds. The summed E-state index contributed by atoms with van der Waals surface area (Å²) < 4.78 is 16.4. The van der Waals surface area contributed by atoms with Crippen LogP contribution in [0, 0.1) is 22.6 Å². The highest BCUT2D eigenvalue weighted by Crippen LogP contribution is 2.48. The van der Waals surface area contributed by atoms with E-state index >= 15 is 0 Å². The van der Waals surface area contributed by atoms with Crippen LogP contribution in [0.15, 0.2) is 43.5 Å². The summed E-state index contributed by atoms with van der Waals surface area (Å²) in [5.41, 5.74) is -1.56. The summed E-state index contributed by atoms with van der Waals surface area (Å²) in [4.78, 5) is 3.96. The van der Waals surface area contributed by atoms with Crippen molar-refractivity contribution in [3.05, 3.63) is 54.9 Å². The molecule has 1 heterocycles. The highest BCUT2D eigenvalue weighted by atomic mass is 31.0. The number of benzene rings is 1. The minimum absolute atomic E-state index is 0.103. The molecule has 0 radical (unpaired) electrons. The second-order valence-electron chi connectivity index (χ2n) is 8.84. The first-order valence-corrected chi connectivity index (χ1v) is 9.73. The lowest BCUT2D eigenvalue weighted by atomic mass is 9.62. The Balaban J connectivity index is 2.52. The third-order valence-corrected chi connectivity index (χ3v) is 6.04. The van der Waals surface area contributed by atoms with Crippen LogP contribution in [0.2, 0.25) is 0 Å². The van der Waals surface area contributed by atoms with Crippen molar-refractivity contribution in [1.82, 2.24) is 14.8 Å². The fraction of sp³-hybridized carbons (Fsp3) is 0.524. The highest BCUT2D eigenvalue weighted by Gasteiger charge is 2.47. The first-order chi connectivity index (χ1) is 12.4. The number of rotatable bonds is 8. The lowest BCUT2D eigenvalue weighted by molar-refractivity contribution is -0.0892. The molecule has 3 unspecified atom stereocenters. The van der Waals surface area contributed by atoms with Gasteiger partial charge in [0.2, 0.25) is 0 Å². The molecule has 148 valence electrons. The van der Waals surface area contributed by atoms with Gasteiger partial charge in [0.25, 0.3) is 0 Å². The lowest BCUT2D eigenvalue weighted by Gasteiger charge is -2.46. The van der Waals surface area contributed by atoms with E-state index in [0.717, 1.165) is 11.7 Å². The first-order valence-electron chi connectivity index (χ1n) is 9.15. The van der Waals surface area contributed by atoms with Crippen LogP contribution in [0.25, 0.3) is 0 Å². The van der Waals surface area contributed by atoms with Gasteiger partial charge >= 0.3 is 0 Å². The lowest BCUT2D eigenvalue weighted by Crippen LogP contribution is -2.46. The van der Waals surface area contributed by atoms with Crippen molar-refractivity contribution in [3.63, 3.8) is 0 Å². The molecule has 0 fully saturated rings. The van der Waals surface area contributed by atoms with E-state index in [1.807, 2.05) is 13.0 Å². The van der Waals surface area contributed by atoms with Gasteiger partial charge in [0.15, 0.2) is 0 Å². The number of nitrogens with zero attached hydrogens (tertiary/aromatic N) is 3. The molecule has 0 spiro atoms. The zero-order valence-electron chi connectivity index (χ0n) is 16.9. The minimum atomic E-state index is -1.45. The van der Waals surface area contributed by atoms with Crippen LogP contribution in [-0.4, -0.2) is 19.9 Å². The summed E-state index contributed by atoms with van der Waals surface area (Å²) in [7, 11) is 2.48. The SMILES string of the molecule is C=CC(C)(C)CC(C)(C)C(C)C(O)(Cn1cncn1)c1ccc(P)cc1F. The number of allylic oxidation sites excluding steroid dienone is 1. The zero-order chi connectivity index (χ0) is 20.5. The second kappa shape index (κ2) is 7.81. The van der Waals surface area contributed by atoms with Gasteiger partial charge < -0.3 is 5.11 Å². The normalized spacial score (nSPS) is 16.0. The van der Waals surface area contributed by atoms with E-state index < -0.39 is 11.4 Å². The Morgan fingerprint density at radius 1 is 1.33 bits per heavy atom. The maximum Gasteiger partial charge on any atom is 0.137 e. The molecule has 3 atom stereocenters. The van der Waals surface area contributed by atoms with Crippen molar-refractivity contribution in [2.45, 2.75) is 53.2 Å². The Morgan fingerprint density at radius 2 is 2.00 bits per heavy atom. The molecule has 1 N–H and O–H groups in total. The third kappa shape index (κ3) is 4.83. The molecule has 6 heteroatoms. The van der Waals surface area contributed by atoms with Crippen molar-refractivity contribution in [2.75, 3.05) is 0 Å². The van der Waals surface area contributed by atoms with Gasteiger partial charge in [0, 0.05) is 5.56 Å². The van der Waals surface area contributed by atoms with Crippen molar-refractivity contribution < 1.29 is 9.50 Å². The average molecular weight is 391 g/mol. The van der Waals surface area contributed by atoms with E-state index in [1.165, 1.54) is 12.4 Å². The number of aromatic nitrogens is 3. The molecule has 0 aliphatic carbocycles. The maximum atomic E-state index is 14.9. The van der Waals surface area contributed by atoms with Gasteiger partial charge in [-0.15, -0.1) is 15.8 Å². The standard InChI is InChI=1S/C21H31FN3OP/c1-7-19(3,4)11-20(5,6)15(2)21(26,12-25-14-23-13-24-25)17-9-8-16(27)10-18(17)22/h7-10,13-15,26H,1,11-12,27H2,2-6H3. The molecule has 0 saturated carbocycles. The predicted molar refractivity (Wildman–Crippen MR) is 111 cm³/mol. The molecule has 0 bridgehead atoms. The minimum Gasteiger partial charge on any atom is -0.383 e. The Bertz CT molecular complexity index is 789. The first kappa shape index (κ1) is 21.7. The maximum absolute atomic E-state index is 14.9. The average Bonchev–Trinajstić information content (AvgIpc) is 3.05. The van der Waals surface area contributed by atoms with Gasteiger partial charge in [-0.1, -0.05) is 52.8 Å². The molecular formula is C21H31FN3OP. The summed E-state index contributed by atoms with van der Waals surface area (Å²) in [5, 5.41) is 16.7. The number of hydrogen-bond acceptors (Lipinski definition) is 3. The van der Waals surface area contributed by atoms with Gasteiger partial charge in [0.05, 0.1) is 6.54 Å². The van der Waals surface area contributed by atoms with Crippen LogP contribution in [-0.2, 0) is 12.1 Å². The van der Waals surface area contributed by atoms with Gasteiger partial charge in [-0.25, -0.2) is 14.1 Å². The van der Waals surface area contributed by atoms with E-state index in [0.29, 0.717) is 0 Å². The van der Waals surface area contributed by atoms with Crippen LogP contribution in [0.3, 0.4) is 0 Å². The Morgan fingerprint density at radius 3 is 2.52 bits per heavy atom. The number of halogens is 1. The van der Waals surface area contributed by atoms with E-state index in [-0.39, 0.29) is 28.9 Å². The van der Waals surface area contributed by atoms with Gasteiger partial charge in [-0.3, -0.25) is 0 Å². The fourth-order valence-corrected chi connectivity index (χ4v) is 4.19. The monoisotopic (exact) mass is 391 g/mol. The highest BCUT2D eigenvalue weighted by molar-refractivity contribution is 7.27. The van der Waals surface area contributed by atoms with Crippen molar-refractivity contribution in [1.29, 1.82) is 0 Å². The fourth-order valence-electron chi connectivity index (χ4n) is 3.95. The third-order valence-electron chi connectivity index (χ3n) is 5.68. The molecular weight excluding hydrogens is 360 g/mol. The van der Waals surface area contributed by atoms with Crippen LogP contribution in [0.5, 0.6) is 0 Å². The molecule has 2 aromatic rings. The molecule has 0 saturated heterocycles. The largest absolute Gasteiger partial charge is 0.383 e. The van der Waals surface area contributed by atoms with E-state index in [4.69, 9.17) is 0 Å². The van der Waals surface area contributed by atoms with Crippen molar-refractivity contribution in [3.8, 4) is 0 Å². The molecule has 2 rings (SSSR count). The van der Waals surface area contributed by atoms with Crippen molar-refractivity contribution in [2.24, 2.45) is 16.7 Å². The number of hydrogen-bond donors (Lipinski definition) is 1. The number of aliphatic hydroxyl groups is 1. The Kier molecular flexibility index (Phi) is 6.28. The van der Waals surface area contributed by atoms with Gasteiger partial charge in [0.1, 0.15) is 24.1 Å². The summed E-state index contributed by atoms with van der Waals surface area (Å²) in [6, 6.07) is 4.89. The second-order valence-corrected chi connectivity index (χ2v) is 9.50. The molecule has 0 aliphatic rings. The summed E-state index contributed by atoms with van der Waals surface area (Å²) >= 11 is 0. The van der Waals surface area contributed by atoms with E-state index in [1.54, 1.807) is 23.1 Å². The van der Waals surface area contributed by atoms with Crippen molar-refractivity contribution >= 4 is 14.5 Å². The zero-order valence-corrected chi connectivity index (χ0v) is 18.1. The smallest absolute Gasteiger partial charge is 0.137 e. The van der Waals surface area contributed by atoms with Crippen LogP contribution >= 0.6 is 9.24 Å².